The van der Waals surface area contributed by atoms with Crippen molar-refractivity contribution in [2.45, 2.75) is 38.1 Å². The highest BCUT2D eigenvalue weighted by Gasteiger charge is 2.18. The van der Waals surface area contributed by atoms with E-state index in [0.29, 0.717) is 21.8 Å². The van der Waals surface area contributed by atoms with Crippen LogP contribution in [0.5, 0.6) is 0 Å². The summed E-state index contributed by atoms with van der Waals surface area (Å²) in [7, 11) is 0. The number of anilines is 1. The first-order valence-corrected chi connectivity index (χ1v) is 9.32. The maximum absolute atomic E-state index is 12.2. The fourth-order valence-corrected chi connectivity index (χ4v) is 3.53. The lowest BCUT2D eigenvalue weighted by Gasteiger charge is -2.12. The third-order valence-electron chi connectivity index (χ3n) is 4.43. The molecule has 0 unspecified atom stereocenters. The zero-order valence-electron chi connectivity index (χ0n) is 13.9. The van der Waals surface area contributed by atoms with Crippen molar-refractivity contribution in [3.63, 3.8) is 0 Å². The molecule has 1 fully saturated rings. The normalized spacial score (nSPS) is 14.5. The average molecular weight is 378 g/mol. The van der Waals surface area contributed by atoms with Gasteiger partial charge in [0, 0.05) is 22.6 Å². The van der Waals surface area contributed by atoms with E-state index in [4.69, 9.17) is 23.2 Å². The van der Waals surface area contributed by atoms with Crippen molar-refractivity contribution in [2.24, 2.45) is 0 Å². The highest BCUT2D eigenvalue weighted by atomic mass is 35.5. The van der Waals surface area contributed by atoms with E-state index in [1.807, 2.05) is 18.2 Å². The van der Waals surface area contributed by atoms with Gasteiger partial charge in [0.1, 0.15) is 5.69 Å². The van der Waals surface area contributed by atoms with Gasteiger partial charge in [0.15, 0.2) is 0 Å². The maximum Gasteiger partial charge on any atom is 0.270 e. The number of rotatable bonds is 6. The predicted octanol–water partition coefficient (Wildman–Crippen LogP) is 4.72. The van der Waals surface area contributed by atoms with E-state index in [0.717, 1.165) is 37.1 Å². The van der Waals surface area contributed by atoms with Crippen LogP contribution in [0.15, 0.2) is 36.5 Å². The fourth-order valence-electron chi connectivity index (χ4n) is 3.03. The first-order valence-electron chi connectivity index (χ1n) is 8.56. The Balaban J connectivity index is 1.49. The van der Waals surface area contributed by atoms with Crippen LogP contribution in [-0.2, 0) is 6.42 Å². The van der Waals surface area contributed by atoms with E-state index in [1.165, 1.54) is 12.8 Å². The number of halogens is 2. The molecule has 0 spiro atoms. The van der Waals surface area contributed by atoms with Crippen LogP contribution in [-0.4, -0.2) is 23.5 Å². The lowest BCUT2D eigenvalue weighted by atomic mass is 10.1. The monoisotopic (exact) mass is 377 g/mol. The highest BCUT2D eigenvalue weighted by Crippen LogP contribution is 2.21. The second-order valence-electron chi connectivity index (χ2n) is 6.30. The summed E-state index contributed by atoms with van der Waals surface area (Å²) in [5.41, 5.74) is 2.37. The van der Waals surface area contributed by atoms with Crippen LogP contribution in [0.1, 0.15) is 41.7 Å². The second-order valence-corrected chi connectivity index (χ2v) is 7.14. The first-order chi connectivity index (χ1) is 12.1. The highest BCUT2D eigenvalue weighted by molar-refractivity contribution is 6.35. The van der Waals surface area contributed by atoms with Crippen LogP contribution >= 0.6 is 23.2 Å². The Hall–Kier alpha value is -1.78. The number of pyridine rings is 1. The molecule has 1 aliphatic rings. The fraction of sp³-hybridized carbons (Fsp3) is 0.368. The van der Waals surface area contributed by atoms with Gasteiger partial charge in [-0.1, -0.05) is 42.1 Å². The summed E-state index contributed by atoms with van der Waals surface area (Å²) in [6.45, 7) is 0.719. The van der Waals surface area contributed by atoms with Gasteiger partial charge >= 0.3 is 0 Å². The quantitative estimate of drug-likeness (QED) is 0.765. The molecule has 3 rings (SSSR count). The Labute approximate surface area is 157 Å². The second kappa shape index (κ2) is 8.54. The van der Waals surface area contributed by atoms with E-state index in [2.05, 4.69) is 15.6 Å². The molecule has 1 heterocycles. The van der Waals surface area contributed by atoms with E-state index in [1.54, 1.807) is 18.3 Å². The zero-order valence-corrected chi connectivity index (χ0v) is 15.4. The van der Waals surface area contributed by atoms with E-state index in [9.17, 15) is 4.79 Å². The number of carbonyl (C=O) groups is 1. The Kier molecular flexibility index (Phi) is 6.16. The molecule has 0 saturated heterocycles. The summed E-state index contributed by atoms with van der Waals surface area (Å²) in [4.78, 5) is 16.4. The molecule has 4 nitrogen and oxygen atoms in total. The van der Waals surface area contributed by atoms with Gasteiger partial charge in [-0.3, -0.25) is 4.79 Å². The van der Waals surface area contributed by atoms with Gasteiger partial charge in [-0.25, -0.2) is 4.98 Å². The van der Waals surface area contributed by atoms with Crippen molar-refractivity contribution >= 4 is 34.8 Å². The van der Waals surface area contributed by atoms with E-state index >= 15 is 0 Å². The largest absolute Gasteiger partial charge is 0.383 e. The number of nitrogens with zero attached hydrogens (tertiary/aromatic N) is 1. The van der Waals surface area contributed by atoms with Crippen molar-refractivity contribution in [3.8, 4) is 0 Å². The first kappa shape index (κ1) is 18.0. The van der Waals surface area contributed by atoms with Gasteiger partial charge in [0.25, 0.3) is 5.91 Å². The number of benzene rings is 1. The molecule has 1 aromatic heterocycles. The molecular formula is C19H21Cl2N3O. The summed E-state index contributed by atoms with van der Waals surface area (Å²) in [6.07, 6.45) is 6.99. The van der Waals surface area contributed by atoms with Gasteiger partial charge in [0.2, 0.25) is 0 Å². The van der Waals surface area contributed by atoms with Crippen LogP contribution in [0.25, 0.3) is 0 Å². The standard InChI is InChI=1S/C19H21Cl2N3O/c20-14-6-5-13(17(21)11-14)9-10-22-16-7-8-18(23-12-16)19(25)24-15-3-1-2-4-15/h5-8,11-12,15,22H,1-4,9-10H2,(H,24,25). The summed E-state index contributed by atoms with van der Waals surface area (Å²) >= 11 is 12.1. The molecule has 1 aromatic carbocycles. The van der Waals surface area contributed by atoms with Crippen molar-refractivity contribution < 1.29 is 4.79 Å². The van der Waals surface area contributed by atoms with Crippen LogP contribution in [0.3, 0.4) is 0 Å². The lowest BCUT2D eigenvalue weighted by molar-refractivity contribution is 0.0933. The molecule has 1 saturated carbocycles. The minimum atomic E-state index is -0.0913. The number of hydrogen-bond acceptors (Lipinski definition) is 3. The van der Waals surface area contributed by atoms with Crippen LogP contribution in [0, 0.1) is 0 Å². The zero-order chi connectivity index (χ0) is 17.6. The topological polar surface area (TPSA) is 54.0 Å². The Morgan fingerprint density at radius 3 is 2.64 bits per heavy atom. The number of amides is 1. The van der Waals surface area contributed by atoms with Crippen molar-refractivity contribution in [3.05, 3.63) is 57.8 Å². The van der Waals surface area contributed by atoms with Crippen LogP contribution in [0.4, 0.5) is 5.69 Å². The smallest absolute Gasteiger partial charge is 0.270 e. The van der Waals surface area contributed by atoms with Gasteiger partial charge in [-0.05, 0) is 49.1 Å². The Morgan fingerprint density at radius 1 is 1.16 bits per heavy atom. The lowest BCUT2D eigenvalue weighted by Crippen LogP contribution is -2.33. The van der Waals surface area contributed by atoms with Gasteiger partial charge in [0.05, 0.1) is 11.9 Å². The third kappa shape index (κ3) is 5.10. The minimum Gasteiger partial charge on any atom is -0.383 e. The molecular weight excluding hydrogens is 357 g/mol. The number of carbonyl (C=O) groups excluding carboxylic acids is 1. The summed E-state index contributed by atoms with van der Waals surface area (Å²) in [5, 5.41) is 7.64. The molecule has 0 radical (unpaired) electrons. The molecule has 6 heteroatoms. The van der Waals surface area contributed by atoms with E-state index in [-0.39, 0.29) is 5.91 Å². The molecule has 0 atom stereocenters. The minimum absolute atomic E-state index is 0.0913. The van der Waals surface area contributed by atoms with Gasteiger partial charge in [-0.15, -0.1) is 0 Å². The van der Waals surface area contributed by atoms with Gasteiger partial charge in [-0.2, -0.15) is 0 Å². The summed E-state index contributed by atoms with van der Waals surface area (Å²) in [5.74, 6) is -0.0913. The molecule has 25 heavy (non-hydrogen) atoms. The molecule has 1 amide bonds. The number of aromatic nitrogens is 1. The molecule has 2 aromatic rings. The summed E-state index contributed by atoms with van der Waals surface area (Å²) < 4.78 is 0. The Morgan fingerprint density at radius 2 is 1.96 bits per heavy atom. The van der Waals surface area contributed by atoms with Crippen molar-refractivity contribution in [2.75, 3.05) is 11.9 Å². The predicted molar refractivity (Wildman–Crippen MR) is 103 cm³/mol. The summed E-state index contributed by atoms with van der Waals surface area (Å²) in [6, 6.07) is 9.44. The molecule has 1 aliphatic carbocycles. The van der Waals surface area contributed by atoms with Crippen LogP contribution in [0.2, 0.25) is 10.0 Å². The Bertz CT molecular complexity index is 728. The SMILES string of the molecule is O=C(NC1CCCC1)c1ccc(NCCc2ccc(Cl)cc2Cl)cn1. The molecule has 0 bridgehead atoms. The van der Waals surface area contributed by atoms with Gasteiger partial charge < -0.3 is 10.6 Å². The third-order valence-corrected chi connectivity index (χ3v) is 5.01. The number of hydrogen-bond donors (Lipinski definition) is 2. The molecule has 0 aliphatic heterocycles. The maximum atomic E-state index is 12.2. The average Bonchev–Trinajstić information content (AvgIpc) is 3.10. The van der Waals surface area contributed by atoms with Crippen molar-refractivity contribution in [1.29, 1.82) is 0 Å². The molecule has 132 valence electrons. The molecule has 2 N–H and O–H groups in total. The van der Waals surface area contributed by atoms with Crippen LogP contribution < -0.4 is 10.6 Å². The van der Waals surface area contributed by atoms with E-state index < -0.39 is 0 Å². The number of nitrogens with one attached hydrogen (secondary N) is 2. The van der Waals surface area contributed by atoms with Crippen molar-refractivity contribution in [1.82, 2.24) is 10.3 Å².